The number of hydrogen-bond acceptors (Lipinski definition) is 6. The SMILES string of the molecule is C[C@H](c1ccc(Br)nc1)[C@@]1(C)C(=O)Nc2ncccc21.C[C@H](c1ccc(Br)nc1)[C@]1(C)C(=O)Nc2ncccc21. The van der Waals surface area contributed by atoms with Crippen LogP contribution in [0.3, 0.4) is 0 Å². The maximum atomic E-state index is 12.5. The number of carbonyl (C=O) groups excluding carboxylic acids is 2. The van der Waals surface area contributed by atoms with Gasteiger partial charge in [-0.1, -0.05) is 38.1 Å². The van der Waals surface area contributed by atoms with Gasteiger partial charge in [-0.15, -0.1) is 0 Å². The summed E-state index contributed by atoms with van der Waals surface area (Å²) < 4.78 is 1.58. The van der Waals surface area contributed by atoms with Gasteiger partial charge in [0.2, 0.25) is 11.8 Å². The molecule has 2 aliphatic rings. The van der Waals surface area contributed by atoms with E-state index in [4.69, 9.17) is 0 Å². The number of rotatable bonds is 4. The highest BCUT2D eigenvalue weighted by molar-refractivity contribution is 9.10. The lowest BCUT2D eigenvalue weighted by Gasteiger charge is -2.29. The van der Waals surface area contributed by atoms with E-state index in [2.05, 4.69) is 62.4 Å². The van der Waals surface area contributed by atoms with Crippen molar-refractivity contribution >= 4 is 55.3 Å². The highest BCUT2D eigenvalue weighted by Crippen LogP contribution is 2.47. The molecule has 4 aromatic rings. The molecule has 0 fully saturated rings. The van der Waals surface area contributed by atoms with Gasteiger partial charge in [-0.25, -0.2) is 19.9 Å². The third kappa shape index (κ3) is 4.73. The Morgan fingerprint density at radius 1 is 0.650 bits per heavy atom. The average molecular weight is 664 g/mol. The number of amides is 2. The number of pyridine rings is 4. The molecular weight excluding hydrogens is 636 g/mol. The number of nitrogens with zero attached hydrogens (tertiary/aromatic N) is 4. The van der Waals surface area contributed by atoms with Gasteiger partial charge in [0.1, 0.15) is 20.8 Å². The summed E-state index contributed by atoms with van der Waals surface area (Å²) in [6.45, 7) is 8.02. The zero-order valence-electron chi connectivity index (χ0n) is 22.4. The number of halogens is 2. The van der Waals surface area contributed by atoms with Crippen molar-refractivity contribution in [2.75, 3.05) is 10.6 Å². The highest BCUT2D eigenvalue weighted by Gasteiger charge is 2.49. The summed E-state index contributed by atoms with van der Waals surface area (Å²) in [5.74, 6) is 1.32. The van der Waals surface area contributed by atoms with E-state index in [9.17, 15) is 9.59 Å². The maximum absolute atomic E-state index is 12.5. The van der Waals surface area contributed by atoms with Gasteiger partial charge >= 0.3 is 0 Å². The third-order valence-corrected chi connectivity index (χ3v) is 9.31. The van der Waals surface area contributed by atoms with Crippen molar-refractivity contribution in [3.8, 4) is 0 Å². The molecule has 4 atom stereocenters. The summed E-state index contributed by atoms with van der Waals surface area (Å²) in [4.78, 5) is 41.9. The highest BCUT2D eigenvalue weighted by atomic mass is 79.9. The Morgan fingerprint density at radius 3 is 1.40 bits per heavy atom. The van der Waals surface area contributed by atoms with Crippen LogP contribution >= 0.6 is 31.9 Å². The molecule has 6 rings (SSSR count). The second-order valence-electron chi connectivity index (χ2n) is 10.4. The number of nitrogens with one attached hydrogen (secondary N) is 2. The first-order valence-electron chi connectivity index (χ1n) is 12.8. The van der Waals surface area contributed by atoms with Crippen LogP contribution in [0.4, 0.5) is 11.6 Å². The normalized spacial score (nSPS) is 22.2. The Bertz CT molecular complexity index is 1460. The number of fused-ring (bicyclic) bond motifs is 2. The van der Waals surface area contributed by atoms with E-state index in [1.165, 1.54) is 0 Å². The number of aromatic nitrogens is 4. The van der Waals surface area contributed by atoms with Crippen molar-refractivity contribution in [3.05, 3.63) is 105 Å². The monoisotopic (exact) mass is 662 g/mol. The smallest absolute Gasteiger partial charge is 0.236 e. The van der Waals surface area contributed by atoms with Crippen molar-refractivity contribution in [3.63, 3.8) is 0 Å². The summed E-state index contributed by atoms with van der Waals surface area (Å²) in [6.07, 6.45) is 7.00. The number of hydrogen-bond donors (Lipinski definition) is 2. The molecule has 0 unspecified atom stereocenters. The second-order valence-corrected chi connectivity index (χ2v) is 12.0. The molecule has 0 spiro atoms. The van der Waals surface area contributed by atoms with E-state index in [1.807, 2.05) is 88.6 Å². The zero-order valence-corrected chi connectivity index (χ0v) is 25.6. The molecule has 10 heteroatoms. The molecular formula is C30H28Br2N6O2. The zero-order chi connectivity index (χ0) is 28.7. The summed E-state index contributed by atoms with van der Waals surface area (Å²) >= 11 is 6.66. The Morgan fingerprint density at radius 2 is 1.05 bits per heavy atom. The topological polar surface area (TPSA) is 110 Å². The molecule has 8 nitrogen and oxygen atoms in total. The van der Waals surface area contributed by atoms with E-state index >= 15 is 0 Å². The summed E-state index contributed by atoms with van der Waals surface area (Å²) in [6, 6.07) is 15.4. The van der Waals surface area contributed by atoms with Gasteiger partial charge in [0, 0.05) is 47.8 Å². The Labute approximate surface area is 249 Å². The van der Waals surface area contributed by atoms with Gasteiger partial charge in [-0.2, -0.15) is 0 Å². The molecule has 0 bridgehead atoms. The molecule has 2 N–H and O–H groups in total. The molecule has 2 aliphatic heterocycles. The van der Waals surface area contributed by atoms with E-state index in [0.717, 1.165) is 31.5 Å². The summed E-state index contributed by atoms with van der Waals surface area (Å²) in [7, 11) is 0. The predicted octanol–water partition coefficient (Wildman–Crippen LogP) is 6.51. The van der Waals surface area contributed by atoms with Gasteiger partial charge in [0.25, 0.3) is 0 Å². The Hall–Kier alpha value is -3.50. The molecule has 0 radical (unpaired) electrons. The lowest BCUT2D eigenvalue weighted by atomic mass is 9.71. The molecule has 204 valence electrons. The second kappa shape index (κ2) is 10.8. The minimum atomic E-state index is -0.626. The standard InChI is InChI=1S/2C15H14BrN3O/c2*1-9(10-5-6-12(16)18-8-10)15(2)11-4-3-7-17-13(11)19-14(15)20/h2*3-9H,1-2H3,(H,17,19,20)/t9-,15+;9-,15-/m11/s1. The van der Waals surface area contributed by atoms with Crippen molar-refractivity contribution in [2.45, 2.75) is 50.4 Å². The molecule has 2 amide bonds. The lowest BCUT2D eigenvalue weighted by molar-refractivity contribution is -0.121. The predicted molar refractivity (Wildman–Crippen MR) is 161 cm³/mol. The van der Waals surface area contributed by atoms with Crippen molar-refractivity contribution < 1.29 is 9.59 Å². The van der Waals surface area contributed by atoms with E-state index in [0.29, 0.717) is 11.6 Å². The minimum Gasteiger partial charge on any atom is -0.310 e. The average Bonchev–Trinajstić information content (AvgIpc) is 3.39. The fourth-order valence-corrected chi connectivity index (χ4v) is 5.85. The van der Waals surface area contributed by atoms with Crippen LogP contribution in [0, 0.1) is 0 Å². The van der Waals surface area contributed by atoms with Crippen LogP contribution in [0.1, 0.15) is 61.8 Å². The van der Waals surface area contributed by atoms with Crippen LogP contribution in [0.2, 0.25) is 0 Å². The first kappa shape index (κ1) is 28.0. The van der Waals surface area contributed by atoms with Crippen LogP contribution in [0.15, 0.2) is 82.5 Å². The molecule has 0 saturated carbocycles. The molecule has 6 heterocycles. The lowest BCUT2D eigenvalue weighted by Crippen LogP contribution is -2.36. The van der Waals surface area contributed by atoms with Gasteiger partial charge in [-0.05, 0) is 81.1 Å². The quantitative estimate of drug-likeness (QED) is 0.241. The summed E-state index contributed by atoms with van der Waals surface area (Å²) in [5.41, 5.74) is 2.70. The van der Waals surface area contributed by atoms with Crippen LogP contribution in [-0.4, -0.2) is 31.8 Å². The summed E-state index contributed by atoms with van der Waals surface area (Å²) in [5, 5.41) is 5.74. The third-order valence-electron chi connectivity index (χ3n) is 8.37. The molecule has 0 saturated heterocycles. The van der Waals surface area contributed by atoms with E-state index < -0.39 is 10.8 Å². The molecule has 0 aliphatic carbocycles. The van der Waals surface area contributed by atoms with Crippen LogP contribution in [0.25, 0.3) is 0 Å². The van der Waals surface area contributed by atoms with Crippen LogP contribution in [0.5, 0.6) is 0 Å². The Balaban J connectivity index is 0.000000161. The van der Waals surface area contributed by atoms with Gasteiger partial charge in [0.15, 0.2) is 0 Å². The van der Waals surface area contributed by atoms with Gasteiger partial charge in [-0.3, -0.25) is 9.59 Å². The minimum absolute atomic E-state index is 0.00792. The van der Waals surface area contributed by atoms with Gasteiger partial charge < -0.3 is 10.6 Å². The fourth-order valence-electron chi connectivity index (χ4n) is 5.38. The number of anilines is 2. The molecule has 4 aromatic heterocycles. The van der Waals surface area contributed by atoms with Crippen molar-refractivity contribution in [1.29, 1.82) is 0 Å². The first-order valence-corrected chi connectivity index (χ1v) is 14.4. The first-order chi connectivity index (χ1) is 19.1. The molecule has 40 heavy (non-hydrogen) atoms. The van der Waals surface area contributed by atoms with Gasteiger partial charge in [0.05, 0.1) is 10.8 Å². The van der Waals surface area contributed by atoms with Crippen molar-refractivity contribution in [2.24, 2.45) is 0 Å². The van der Waals surface area contributed by atoms with Crippen molar-refractivity contribution in [1.82, 2.24) is 19.9 Å². The van der Waals surface area contributed by atoms with Crippen LogP contribution in [-0.2, 0) is 20.4 Å². The Kier molecular flexibility index (Phi) is 7.58. The largest absolute Gasteiger partial charge is 0.310 e. The molecule has 0 aromatic carbocycles. The van der Waals surface area contributed by atoms with E-state index in [1.54, 1.807) is 12.4 Å². The van der Waals surface area contributed by atoms with Crippen LogP contribution < -0.4 is 10.6 Å². The fraction of sp³-hybridized carbons (Fsp3) is 0.267. The van der Waals surface area contributed by atoms with E-state index in [-0.39, 0.29) is 23.7 Å². The number of carbonyl (C=O) groups is 2. The maximum Gasteiger partial charge on any atom is 0.236 e.